The predicted octanol–water partition coefficient (Wildman–Crippen LogP) is -0.477. The molecule has 0 bridgehead atoms. The van der Waals surface area contributed by atoms with Crippen LogP contribution in [0.4, 0.5) is 0 Å². The van der Waals surface area contributed by atoms with Gasteiger partial charge in [-0.2, -0.15) is 0 Å². The van der Waals surface area contributed by atoms with Crippen LogP contribution in [0.1, 0.15) is 40.0 Å². The minimum atomic E-state index is -0.685. The van der Waals surface area contributed by atoms with E-state index in [0.29, 0.717) is 25.8 Å². The Morgan fingerprint density at radius 3 is 2.43 bits per heavy atom. The second-order valence-electron chi connectivity index (χ2n) is 6.36. The summed E-state index contributed by atoms with van der Waals surface area (Å²) in [5, 5.41) is 5.25. The highest BCUT2D eigenvalue weighted by Crippen LogP contribution is 2.37. The van der Waals surface area contributed by atoms with Crippen molar-refractivity contribution in [1.82, 2.24) is 15.4 Å². The molecule has 0 aromatic heterocycles. The molecule has 0 aromatic rings. The fourth-order valence-electron chi connectivity index (χ4n) is 2.87. The first-order valence-corrected chi connectivity index (χ1v) is 7.40. The van der Waals surface area contributed by atoms with Crippen LogP contribution in [0.25, 0.3) is 0 Å². The Labute approximate surface area is 126 Å². The standard InChI is InChI=1S/C14H22BN3O3/c1-8-6-11(18(7-8)13(21)9(2)17-15)12(20)16-14(4-5-14)10(3)19/h8-9,11,17H,4-7H2,1-3H3,(H,16,20). The van der Waals surface area contributed by atoms with Gasteiger partial charge >= 0.3 is 0 Å². The summed E-state index contributed by atoms with van der Waals surface area (Å²) < 4.78 is 0. The minimum absolute atomic E-state index is 0.0169. The topological polar surface area (TPSA) is 78.5 Å². The first-order chi connectivity index (χ1) is 9.80. The van der Waals surface area contributed by atoms with Crippen molar-refractivity contribution in [2.75, 3.05) is 6.54 Å². The molecule has 2 fully saturated rings. The number of likely N-dealkylation sites (tertiary alicyclic amines) is 1. The molecular formula is C14H22BN3O3. The number of Topliss-reactive ketones (excluding diaryl/α,β-unsaturated/α-hetero) is 1. The Morgan fingerprint density at radius 1 is 1.33 bits per heavy atom. The number of rotatable bonds is 5. The van der Waals surface area contributed by atoms with Crippen molar-refractivity contribution in [3.63, 3.8) is 0 Å². The zero-order valence-corrected chi connectivity index (χ0v) is 12.8. The normalized spacial score (nSPS) is 28.0. The summed E-state index contributed by atoms with van der Waals surface area (Å²) in [6.45, 7) is 5.70. The Balaban J connectivity index is 2.07. The maximum absolute atomic E-state index is 12.5. The lowest BCUT2D eigenvalue weighted by Crippen LogP contribution is -2.54. The van der Waals surface area contributed by atoms with Crippen molar-refractivity contribution >= 4 is 25.6 Å². The van der Waals surface area contributed by atoms with Gasteiger partial charge in [0.2, 0.25) is 11.8 Å². The monoisotopic (exact) mass is 291 g/mol. The van der Waals surface area contributed by atoms with Gasteiger partial charge in [-0.05, 0) is 39.0 Å². The quantitative estimate of drug-likeness (QED) is 0.671. The summed E-state index contributed by atoms with van der Waals surface area (Å²) in [7, 11) is 5.31. The van der Waals surface area contributed by atoms with E-state index in [9.17, 15) is 14.4 Å². The highest BCUT2D eigenvalue weighted by atomic mass is 16.2. The van der Waals surface area contributed by atoms with Crippen LogP contribution in [0.3, 0.4) is 0 Å². The Bertz CT molecular complexity index is 464. The van der Waals surface area contributed by atoms with Crippen molar-refractivity contribution in [2.45, 2.75) is 57.7 Å². The second-order valence-corrected chi connectivity index (χ2v) is 6.36. The molecule has 114 valence electrons. The first-order valence-electron chi connectivity index (χ1n) is 7.40. The lowest BCUT2D eigenvalue weighted by Gasteiger charge is -2.28. The second kappa shape index (κ2) is 5.79. The molecule has 21 heavy (non-hydrogen) atoms. The maximum Gasteiger partial charge on any atom is 0.243 e. The van der Waals surface area contributed by atoms with Gasteiger partial charge in [0, 0.05) is 6.54 Å². The molecular weight excluding hydrogens is 269 g/mol. The van der Waals surface area contributed by atoms with Crippen LogP contribution in [0.5, 0.6) is 0 Å². The van der Waals surface area contributed by atoms with E-state index in [4.69, 9.17) is 7.98 Å². The van der Waals surface area contributed by atoms with E-state index < -0.39 is 17.6 Å². The van der Waals surface area contributed by atoms with Gasteiger partial charge in [0.25, 0.3) is 0 Å². The Kier molecular flexibility index (Phi) is 4.42. The van der Waals surface area contributed by atoms with Crippen LogP contribution in [-0.2, 0) is 14.4 Å². The molecule has 1 saturated carbocycles. The SMILES string of the molecule is [B]NC(C)C(=O)N1CC(C)CC1C(=O)NC1(C(C)=O)CC1. The third-order valence-electron chi connectivity index (χ3n) is 4.50. The van der Waals surface area contributed by atoms with Crippen LogP contribution in [-0.4, -0.2) is 54.6 Å². The van der Waals surface area contributed by atoms with Gasteiger partial charge in [0.05, 0.1) is 11.6 Å². The van der Waals surface area contributed by atoms with Gasteiger partial charge in [-0.15, -0.1) is 0 Å². The number of amides is 2. The van der Waals surface area contributed by atoms with Crippen molar-refractivity contribution in [1.29, 1.82) is 0 Å². The molecule has 2 rings (SSSR count). The van der Waals surface area contributed by atoms with Gasteiger partial charge in [0.15, 0.2) is 13.8 Å². The zero-order chi connectivity index (χ0) is 15.8. The lowest BCUT2D eigenvalue weighted by atomic mass is 10.1. The van der Waals surface area contributed by atoms with Crippen LogP contribution < -0.4 is 10.5 Å². The van der Waals surface area contributed by atoms with E-state index in [0.717, 1.165) is 0 Å². The van der Waals surface area contributed by atoms with E-state index >= 15 is 0 Å². The molecule has 1 aliphatic carbocycles. The van der Waals surface area contributed by atoms with Gasteiger partial charge in [0.1, 0.15) is 6.04 Å². The molecule has 0 aromatic carbocycles. The largest absolute Gasteiger partial charge is 0.356 e. The van der Waals surface area contributed by atoms with Gasteiger partial charge in [-0.25, -0.2) is 0 Å². The third kappa shape index (κ3) is 3.12. The summed E-state index contributed by atoms with van der Waals surface area (Å²) in [5.74, 6) is -0.182. The summed E-state index contributed by atoms with van der Waals surface area (Å²) in [5.41, 5.74) is -0.685. The van der Waals surface area contributed by atoms with E-state index in [1.807, 2.05) is 6.92 Å². The van der Waals surface area contributed by atoms with Crippen molar-refractivity contribution in [3.8, 4) is 0 Å². The van der Waals surface area contributed by atoms with E-state index in [-0.39, 0.29) is 23.5 Å². The average Bonchev–Trinajstić information content (AvgIpc) is 3.12. The fourth-order valence-corrected chi connectivity index (χ4v) is 2.87. The van der Waals surface area contributed by atoms with Crippen LogP contribution in [0, 0.1) is 5.92 Å². The smallest absolute Gasteiger partial charge is 0.243 e. The molecule has 1 aliphatic heterocycles. The summed E-state index contributed by atoms with van der Waals surface area (Å²) in [6, 6.07) is -1.05. The van der Waals surface area contributed by atoms with Gasteiger partial charge in [-0.1, -0.05) is 6.92 Å². The molecule has 1 saturated heterocycles. The molecule has 1 heterocycles. The number of carbonyl (C=O) groups is 3. The summed E-state index contributed by atoms with van der Waals surface area (Å²) in [6.07, 6.45) is 1.99. The molecule has 7 heteroatoms. The summed E-state index contributed by atoms with van der Waals surface area (Å²) >= 11 is 0. The number of ketones is 1. The van der Waals surface area contributed by atoms with Crippen molar-refractivity contribution in [3.05, 3.63) is 0 Å². The van der Waals surface area contributed by atoms with E-state index in [2.05, 4.69) is 10.5 Å². The Hall–Kier alpha value is -1.37. The number of hydrogen-bond donors (Lipinski definition) is 2. The summed E-state index contributed by atoms with van der Waals surface area (Å²) in [4.78, 5) is 37.9. The predicted molar refractivity (Wildman–Crippen MR) is 78.4 cm³/mol. The van der Waals surface area contributed by atoms with Gasteiger partial charge in [-0.3, -0.25) is 14.4 Å². The molecule has 6 nitrogen and oxygen atoms in total. The highest BCUT2D eigenvalue weighted by molar-refractivity contribution is 6.07. The third-order valence-corrected chi connectivity index (χ3v) is 4.50. The lowest BCUT2D eigenvalue weighted by molar-refractivity contribution is -0.140. The first kappa shape index (κ1) is 16.0. The number of nitrogens with zero attached hydrogens (tertiary/aromatic N) is 1. The highest BCUT2D eigenvalue weighted by Gasteiger charge is 2.50. The van der Waals surface area contributed by atoms with Crippen LogP contribution in [0.2, 0.25) is 0 Å². The molecule has 3 atom stereocenters. The number of carbonyl (C=O) groups excluding carboxylic acids is 3. The maximum atomic E-state index is 12.5. The molecule has 2 amide bonds. The van der Waals surface area contributed by atoms with E-state index in [1.165, 1.54) is 6.92 Å². The van der Waals surface area contributed by atoms with E-state index in [1.54, 1.807) is 11.8 Å². The molecule has 2 radical (unpaired) electrons. The van der Waals surface area contributed by atoms with Crippen molar-refractivity contribution in [2.24, 2.45) is 5.92 Å². The Morgan fingerprint density at radius 2 is 1.95 bits per heavy atom. The minimum Gasteiger partial charge on any atom is -0.356 e. The van der Waals surface area contributed by atoms with Crippen molar-refractivity contribution < 1.29 is 14.4 Å². The molecule has 2 N–H and O–H groups in total. The number of hydrogen-bond acceptors (Lipinski definition) is 4. The van der Waals surface area contributed by atoms with Gasteiger partial charge < -0.3 is 15.4 Å². The van der Waals surface area contributed by atoms with Crippen LogP contribution >= 0.6 is 0 Å². The van der Waals surface area contributed by atoms with Crippen LogP contribution in [0.15, 0.2) is 0 Å². The number of nitrogens with one attached hydrogen (secondary N) is 2. The molecule has 3 unspecified atom stereocenters. The zero-order valence-electron chi connectivity index (χ0n) is 12.8. The molecule has 0 spiro atoms. The average molecular weight is 291 g/mol. The fraction of sp³-hybridized carbons (Fsp3) is 0.786. The molecule has 2 aliphatic rings.